The highest BCUT2D eigenvalue weighted by Crippen LogP contribution is 2.29. The molecule has 156 valence electrons. The van der Waals surface area contributed by atoms with Crippen LogP contribution in [0.3, 0.4) is 0 Å². The van der Waals surface area contributed by atoms with Gasteiger partial charge in [0, 0.05) is 5.56 Å². The number of carbonyl (C=O) groups is 1. The fourth-order valence-corrected chi connectivity index (χ4v) is 2.53. The highest BCUT2D eigenvalue weighted by atomic mass is 19.3. The minimum atomic E-state index is -3.01. The van der Waals surface area contributed by atoms with Gasteiger partial charge in [0.2, 0.25) is 0 Å². The molecule has 0 aliphatic carbocycles. The number of rotatable bonds is 9. The largest absolute Gasteiger partial charge is 0.493 e. The first-order valence-electron chi connectivity index (χ1n) is 8.46. The third kappa shape index (κ3) is 5.07. The molecule has 9 nitrogen and oxygen atoms in total. The lowest BCUT2D eigenvalue weighted by molar-refractivity contribution is -0.385. The van der Waals surface area contributed by atoms with Crippen LogP contribution in [-0.2, 0) is 6.54 Å². The minimum Gasteiger partial charge on any atom is -0.493 e. The molecule has 2 aromatic heterocycles. The first kappa shape index (κ1) is 20.7. The number of nitro groups is 1. The lowest BCUT2D eigenvalue weighted by atomic mass is 10.1. The van der Waals surface area contributed by atoms with Gasteiger partial charge in [0.15, 0.2) is 17.3 Å². The van der Waals surface area contributed by atoms with Crippen LogP contribution in [0.4, 0.5) is 14.5 Å². The first-order chi connectivity index (χ1) is 14.4. The summed E-state index contributed by atoms with van der Waals surface area (Å²) < 4.78 is 41.0. The Morgan fingerprint density at radius 1 is 1.33 bits per heavy atom. The number of benzene rings is 1. The maximum absolute atomic E-state index is 12.4. The van der Waals surface area contributed by atoms with Crippen molar-refractivity contribution in [2.45, 2.75) is 13.2 Å². The molecular weight excluding hydrogens is 404 g/mol. The van der Waals surface area contributed by atoms with E-state index in [1.165, 1.54) is 48.3 Å². The molecule has 0 bridgehead atoms. The number of aromatic nitrogens is 2. The fourth-order valence-electron chi connectivity index (χ4n) is 2.53. The summed E-state index contributed by atoms with van der Waals surface area (Å²) in [5.74, 6) is 0.281. The smallest absolute Gasteiger partial charge is 0.387 e. The van der Waals surface area contributed by atoms with E-state index in [9.17, 15) is 23.7 Å². The number of ketones is 1. The summed E-state index contributed by atoms with van der Waals surface area (Å²) in [7, 11) is 1.27. The predicted molar refractivity (Wildman–Crippen MR) is 99.7 cm³/mol. The Morgan fingerprint density at radius 3 is 2.80 bits per heavy atom. The molecule has 0 fully saturated rings. The maximum atomic E-state index is 12.4. The monoisotopic (exact) mass is 419 g/mol. The van der Waals surface area contributed by atoms with E-state index < -0.39 is 17.3 Å². The summed E-state index contributed by atoms with van der Waals surface area (Å²) in [4.78, 5) is 22.5. The topological polar surface area (TPSA) is 110 Å². The van der Waals surface area contributed by atoms with Crippen molar-refractivity contribution < 1.29 is 32.4 Å². The molecule has 30 heavy (non-hydrogen) atoms. The van der Waals surface area contributed by atoms with Gasteiger partial charge in [0.1, 0.15) is 23.9 Å². The third-order valence-corrected chi connectivity index (χ3v) is 3.89. The Labute approximate surface area is 168 Å². The van der Waals surface area contributed by atoms with Gasteiger partial charge in [-0.05, 0) is 42.5 Å². The second kappa shape index (κ2) is 8.99. The Balaban J connectivity index is 1.67. The fraction of sp³-hybridized carbons (Fsp3) is 0.158. The van der Waals surface area contributed by atoms with Gasteiger partial charge in [-0.15, -0.1) is 0 Å². The molecule has 3 rings (SSSR count). The molecule has 0 unspecified atom stereocenters. The molecular formula is C19H15F2N3O6. The van der Waals surface area contributed by atoms with Crippen LogP contribution >= 0.6 is 0 Å². The van der Waals surface area contributed by atoms with Gasteiger partial charge in [-0.2, -0.15) is 13.9 Å². The molecule has 0 aliphatic heterocycles. The predicted octanol–water partition coefficient (Wildman–Crippen LogP) is 3.94. The van der Waals surface area contributed by atoms with Crippen LogP contribution < -0.4 is 9.47 Å². The molecule has 0 N–H and O–H groups in total. The number of nitrogens with zero attached hydrogens (tertiary/aromatic N) is 3. The second-order valence-corrected chi connectivity index (χ2v) is 5.90. The second-order valence-electron chi connectivity index (χ2n) is 5.90. The number of hydrogen-bond donors (Lipinski definition) is 0. The quantitative estimate of drug-likeness (QED) is 0.224. The van der Waals surface area contributed by atoms with Crippen LogP contribution in [0, 0.1) is 10.1 Å². The number of allylic oxidation sites excluding steroid dienone is 1. The van der Waals surface area contributed by atoms with Gasteiger partial charge in [0.25, 0.3) is 0 Å². The Morgan fingerprint density at radius 2 is 2.13 bits per heavy atom. The average molecular weight is 419 g/mol. The molecule has 2 heterocycles. The normalized spacial score (nSPS) is 11.2. The molecule has 1 aromatic carbocycles. The van der Waals surface area contributed by atoms with E-state index >= 15 is 0 Å². The lowest BCUT2D eigenvalue weighted by Crippen LogP contribution is -2.04. The van der Waals surface area contributed by atoms with Crippen molar-refractivity contribution in [2.75, 3.05) is 7.11 Å². The summed E-state index contributed by atoms with van der Waals surface area (Å²) in [5.41, 5.74) is 0.0769. The number of methoxy groups -OCH3 is 1. The zero-order valence-electron chi connectivity index (χ0n) is 15.5. The van der Waals surface area contributed by atoms with Crippen molar-refractivity contribution in [3.63, 3.8) is 0 Å². The van der Waals surface area contributed by atoms with E-state index in [2.05, 4.69) is 9.84 Å². The lowest BCUT2D eigenvalue weighted by Gasteiger charge is -2.10. The highest BCUT2D eigenvalue weighted by Gasteiger charge is 2.13. The minimum absolute atomic E-state index is 0.00292. The molecule has 0 saturated carbocycles. The van der Waals surface area contributed by atoms with Gasteiger partial charge < -0.3 is 13.9 Å². The molecule has 0 atom stereocenters. The van der Waals surface area contributed by atoms with Gasteiger partial charge in [-0.25, -0.2) is 0 Å². The van der Waals surface area contributed by atoms with Gasteiger partial charge in [0.05, 0.1) is 18.6 Å². The van der Waals surface area contributed by atoms with Crippen molar-refractivity contribution in [3.8, 4) is 11.5 Å². The molecule has 0 aliphatic rings. The van der Waals surface area contributed by atoms with E-state index in [1.807, 2.05) is 0 Å². The highest BCUT2D eigenvalue weighted by molar-refractivity contribution is 6.07. The van der Waals surface area contributed by atoms with Gasteiger partial charge in [-0.3, -0.25) is 19.6 Å². The van der Waals surface area contributed by atoms with Gasteiger partial charge in [-0.1, -0.05) is 0 Å². The summed E-state index contributed by atoms with van der Waals surface area (Å²) >= 11 is 0. The molecule has 0 radical (unpaired) electrons. The van der Waals surface area contributed by atoms with Crippen LogP contribution in [0.5, 0.6) is 11.5 Å². The zero-order valence-corrected chi connectivity index (χ0v) is 15.5. The Bertz CT molecular complexity index is 1090. The summed E-state index contributed by atoms with van der Waals surface area (Å²) in [6.07, 6.45) is 5.10. The van der Waals surface area contributed by atoms with Crippen molar-refractivity contribution in [1.29, 1.82) is 0 Å². The van der Waals surface area contributed by atoms with Gasteiger partial charge >= 0.3 is 12.3 Å². The van der Waals surface area contributed by atoms with E-state index in [4.69, 9.17) is 9.15 Å². The van der Waals surface area contributed by atoms with E-state index in [0.29, 0.717) is 11.5 Å². The van der Waals surface area contributed by atoms with Crippen LogP contribution in [0.15, 0.2) is 53.2 Å². The van der Waals surface area contributed by atoms with Crippen molar-refractivity contribution in [3.05, 3.63) is 76.0 Å². The Hall–Kier alpha value is -4.02. The van der Waals surface area contributed by atoms with Crippen molar-refractivity contribution in [2.24, 2.45) is 0 Å². The zero-order chi connectivity index (χ0) is 21.7. The maximum Gasteiger partial charge on any atom is 0.387 e. The SMILES string of the molecule is COc1cc(C(=O)/C=C/c2ccc(Cn3cc([N+](=O)[O-])cn3)o2)ccc1OC(F)F. The molecule has 11 heteroatoms. The van der Waals surface area contributed by atoms with Crippen LogP contribution in [0.1, 0.15) is 21.9 Å². The average Bonchev–Trinajstić information content (AvgIpc) is 3.36. The number of hydrogen-bond acceptors (Lipinski definition) is 7. The molecule has 3 aromatic rings. The molecule has 0 saturated heterocycles. The number of alkyl halides is 2. The Kier molecular flexibility index (Phi) is 6.20. The number of halogens is 2. The van der Waals surface area contributed by atoms with Crippen molar-refractivity contribution in [1.82, 2.24) is 9.78 Å². The van der Waals surface area contributed by atoms with Crippen LogP contribution in [0.25, 0.3) is 6.08 Å². The third-order valence-electron chi connectivity index (χ3n) is 3.89. The van der Waals surface area contributed by atoms with E-state index in [0.717, 1.165) is 6.20 Å². The van der Waals surface area contributed by atoms with Crippen LogP contribution in [0.2, 0.25) is 0 Å². The summed E-state index contributed by atoms with van der Waals surface area (Å²) in [6.45, 7) is -2.83. The molecule has 0 amide bonds. The summed E-state index contributed by atoms with van der Waals surface area (Å²) in [6, 6.07) is 7.13. The standard InChI is InChI=1S/C19H15F2N3O6/c1-28-18-8-12(2-7-17(18)30-19(20)21)16(25)6-5-14-3-4-15(29-14)11-23-10-13(9-22-23)24(26)27/h2-10,19H,11H2,1H3/b6-5+. The van der Waals surface area contributed by atoms with Crippen molar-refractivity contribution >= 4 is 17.5 Å². The summed E-state index contributed by atoms with van der Waals surface area (Å²) in [5, 5.41) is 14.6. The van der Waals surface area contributed by atoms with Crippen LogP contribution in [-0.4, -0.2) is 34.2 Å². The molecule has 0 spiro atoms. The first-order valence-corrected chi connectivity index (χ1v) is 8.46. The number of ether oxygens (including phenoxy) is 2. The van der Waals surface area contributed by atoms with E-state index in [1.54, 1.807) is 12.1 Å². The van der Waals surface area contributed by atoms with E-state index in [-0.39, 0.29) is 29.3 Å². The number of carbonyl (C=O) groups excluding carboxylic acids is 1. The number of furan rings is 1.